The van der Waals surface area contributed by atoms with Crippen LogP contribution >= 0.6 is 0 Å². The average molecular weight is 249 g/mol. The topological polar surface area (TPSA) is 66.4 Å². The summed E-state index contributed by atoms with van der Waals surface area (Å²) in [5.41, 5.74) is 0. The van der Waals surface area contributed by atoms with Crippen molar-refractivity contribution in [1.29, 1.82) is 0 Å². The standard InChI is InChI=1S/C11H22O4S/c1-3-5-6-7-9-15-11(12)10(8-4-2)16(13)14/h10H,3-9H2,1-2H3,(H,13,14)/p-1. The predicted octanol–water partition coefficient (Wildman–Crippen LogP) is 2.16. The zero-order chi connectivity index (χ0) is 12.4. The molecule has 0 fully saturated rings. The highest BCUT2D eigenvalue weighted by molar-refractivity contribution is 7.80. The van der Waals surface area contributed by atoms with Crippen molar-refractivity contribution in [3.8, 4) is 0 Å². The largest absolute Gasteiger partial charge is 0.772 e. The second-order valence-electron chi connectivity index (χ2n) is 3.77. The summed E-state index contributed by atoms with van der Waals surface area (Å²) in [5, 5.41) is -0.990. The van der Waals surface area contributed by atoms with Gasteiger partial charge in [0.15, 0.2) is 0 Å². The summed E-state index contributed by atoms with van der Waals surface area (Å²) in [7, 11) is 0. The Balaban J connectivity index is 3.79. The normalized spacial score (nSPS) is 14.4. The molecular formula is C11H21O4S-. The SMILES string of the molecule is CCCCCCOC(=O)C(CCC)S(=O)[O-]. The molecule has 0 saturated heterocycles. The molecule has 0 aromatic carbocycles. The van der Waals surface area contributed by atoms with Gasteiger partial charge in [0.2, 0.25) is 0 Å². The molecule has 2 unspecified atom stereocenters. The highest BCUT2D eigenvalue weighted by Gasteiger charge is 2.19. The van der Waals surface area contributed by atoms with E-state index in [1.54, 1.807) is 0 Å². The summed E-state index contributed by atoms with van der Waals surface area (Å²) in [6.45, 7) is 4.27. The molecule has 0 aromatic heterocycles. The maximum absolute atomic E-state index is 11.4. The third kappa shape index (κ3) is 6.95. The van der Waals surface area contributed by atoms with Crippen molar-refractivity contribution in [2.75, 3.05) is 6.61 Å². The Morgan fingerprint density at radius 1 is 1.25 bits per heavy atom. The van der Waals surface area contributed by atoms with E-state index in [1.807, 2.05) is 6.92 Å². The van der Waals surface area contributed by atoms with Gasteiger partial charge >= 0.3 is 5.97 Å². The number of unbranched alkanes of at least 4 members (excludes halogenated alkanes) is 3. The molecule has 0 bridgehead atoms. The average Bonchev–Trinajstić information content (AvgIpc) is 2.24. The van der Waals surface area contributed by atoms with Crippen molar-refractivity contribution >= 4 is 17.0 Å². The summed E-state index contributed by atoms with van der Waals surface area (Å²) in [4.78, 5) is 11.4. The van der Waals surface area contributed by atoms with Crippen LogP contribution in [-0.2, 0) is 20.6 Å². The zero-order valence-electron chi connectivity index (χ0n) is 10.1. The van der Waals surface area contributed by atoms with Gasteiger partial charge in [0.1, 0.15) is 5.25 Å². The molecule has 0 aromatic rings. The lowest BCUT2D eigenvalue weighted by atomic mass is 10.2. The maximum Gasteiger partial charge on any atom is 0.320 e. The molecule has 0 rings (SSSR count). The summed E-state index contributed by atoms with van der Waals surface area (Å²) in [5.74, 6) is -0.605. The first-order chi connectivity index (χ1) is 7.63. The molecule has 0 aliphatic carbocycles. The van der Waals surface area contributed by atoms with Crippen molar-refractivity contribution in [3.63, 3.8) is 0 Å². The van der Waals surface area contributed by atoms with Crippen LogP contribution in [0, 0.1) is 0 Å². The van der Waals surface area contributed by atoms with Gasteiger partial charge in [0.25, 0.3) is 0 Å². The van der Waals surface area contributed by atoms with Gasteiger partial charge in [-0.2, -0.15) is 0 Å². The van der Waals surface area contributed by atoms with E-state index in [4.69, 9.17) is 4.74 Å². The number of ether oxygens (including phenoxy) is 1. The third-order valence-corrected chi connectivity index (χ3v) is 3.18. The van der Waals surface area contributed by atoms with Gasteiger partial charge in [0.05, 0.1) is 6.61 Å². The molecule has 4 nitrogen and oxygen atoms in total. The Morgan fingerprint density at radius 3 is 2.44 bits per heavy atom. The minimum absolute atomic E-state index is 0.330. The molecular weight excluding hydrogens is 228 g/mol. The molecule has 0 amide bonds. The van der Waals surface area contributed by atoms with E-state index in [9.17, 15) is 13.6 Å². The molecule has 16 heavy (non-hydrogen) atoms. The number of rotatable bonds is 9. The van der Waals surface area contributed by atoms with Crippen molar-refractivity contribution in [1.82, 2.24) is 0 Å². The first-order valence-corrected chi connectivity index (χ1v) is 7.02. The molecule has 0 aliphatic heterocycles. The molecule has 2 atom stereocenters. The molecule has 0 N–H and O–H groups in total. The lowest BCUT2D eigenvalue weighted by molar-refractivity contribution is -0.143. The first kappa shape index (κ1) is 15.6. The fraction of sp³-hybridized carbons (Fsp3) is 0.909. The second kappa shape index (κ2) is 9.78. The molecule has 0 saturated carbocycles. The van der Waals surface area contributed by atoms with E-state index >= 15 is 0 Å². The van der Waals surface area contributed by atoms with E-state index in [1.165, 1.54) is 0 Å². The van der Waals surface area contributed by atoms with Crippen LogP contribution in [0.5, 0.6) is 0 Å². The zero-order valence-corrected chi connectivity index (χ0v) is 10.9. The van der Waals surface area contributed by atoms with Crippen LogP contribution in [0.1, 0.15) is 52.4 Å². The van der Waals surface area contributed by atoms with Crippen LogP contribution in [0.2, 0.25) is 0 Å². The highest BCUT2D eigenvalue weighted by Crippen LogP contribution is 2.07. The molecule has 96 valence electrons. The van der Waals surface area contributed by atoms with Gasteiger partial charge in [-0.3, -0.25) is 9.00 Å². The second-order valence-corrected chi connectivity index (χ2v) is 4.86. The van der Waals surface area contributed by atoms with Crippen molar-refractivity contribution < 1.29 is 18.3 Å². The van der Waals surface area contributed by atoms with E-state index in [0.29, 0.717) is 19.4 Å². The van der Waals surface area contributed by atoms with Crippen LogP contribution < -0.4 is 0 Å². The quantitative estimate of drug-likeness (QED) is 0.357. The summed E-state index contributed by atoms with van der Waals surface area (Å²) in [6.07, 6.45) is 5.06. The van der Waals surface area contributed by atoms with Gasteiger partial charge in [-0.05, 0) is 23.9 Å². The third-order valence-electron chi connectivity index (χ3n) is 2.29. The minimum atomic E-state index is -2.37. The van der Waals surface area contributed by atoms with Gasteiger partial charge < -0.3 is 9.29 Å². The van der Waals surface area contributed by atoms with Crippen LogP contribution in [0.25, 0.3) is 0 Å². The van der Waals surface area contributed by atoms with Crippen molar-refractivity contribution in [3.05, 3.63) is 0 Å². The lowest BCUT2D eigenvalue weighted by Gasteiger charge is -2.17. The monoisotopic (exact) mass is 249 g/mol. The number of esters is 1. The Morgan fingerprint density at radius 2 is 1.94 bits per heavy atom. The van der Waals surface area contributed by atoms with E-state index < -0.39 is 22.3 Å². The fourth-order valence-electron chi connectivity index (χ4n) is 1.35. The Bertz CT molecular complexity index is 218. The Hall–Kier alpha value is -0.420. The van der Waals surface area contributed by atoms with E-state index in [2.05, 4.69) is 6.92 Å². The van der Waals surface area contributed by atoms with Crippen LogP contribution in [0.15, 0.2) is 0 Å². The van der Waals surface area contributed by atoms with Crippen molar-refractivity contribution in [2.45, 2.75) is 57.6 Å². The number of carbonyl (C=O) groups is 1. The van der Waals surface area contributed by atoms with Crippen LogP contribution in [-0.4, -0.2) is 26.6 Å². The molecule has 0 aliphatic rings. The predicted molar refractivity (Wildman–Crippen MR) is 62.7 cm³/mol. The maximum atomic E-state index is 11.4. The van der Waals surface area contributed by atoms with Gasteiger partial charge in [-0.1, -0.05) is 39.5 Å². The summed E-state index contributed by atoms with van der Waals surface area (Å²) >= 11 is -2.37. The smallest absolute Gasteiger partial charge is 0.320 e. The number of hydrogen-bond donors (Lipinski definition) is 0. The number of carbonyl (C=O) groups excluding carboxylic acids is 1. The molecule has 0 radical (unpaired) electrons. The Kier molecular flexibility index (Phi) is 9.52. The van der Waals surface area contributed by atoms with Crippen LogP contribution in [0.3, 0.4) is 0 Å². The van der Waals surface area contributed by atoms with Crippen molar-refractivity contribution in [2.24, 2.45) is 0 Å². The van der Waals surface area contributed by atoms with Crippen LogP contribution in [0.4, 0.5) is 0 Å². The van der Waals surface area contributed by atoms with Gasteiger partial charge in [0, 0.05) is 0 Å². The Labute approximate surface area is 100 Å². The molecule has 0 heterocycles. The summed E-state index contributed by atoms with van der Waals surface area (Å²) in [6, 6.07) is 0. The van der Waals surface area contributed by atoms with E-state index in [0.717, 1.165) is 25.7 Å². The summed E-state index contributed by atoms with van der Waals surface area (Å²) < 4.78 is 26.5. The molecule has 0 spiro atoms. The number of hydrogen-bond acceptors (Lipinski definition) is 4. The van der Waals surface area contributed by atoms with E-state index in [-0.39, 0.29) is 0 Å². The lowest BCUT2D eigenvalue weighted by Crippen LogP contribution is -2.28. The minimum Gasteiger partial charge on any atom is -0.772 e. The fourth-order valence-corrected chi connectivity index (χ4v) is 2.00. The molecule has 5 heteroatoms. The van der Waals surface area contributed by atoms with Gasteiger partial charge in [-0.15, -0.1) is 0 Å². The first-order valence-electron chi connectivity index (χ1n) is 5.88. The highest BCUT2D eigenvalue weighted by atomic mass is 32.2. The van der Waals surface area contributed by atoms with Gasteiger partial charge in [-0.25, -0.2) is 0 Å².